The van der Waals surface area contributed by atoms with Crippen LogP contribution in [0.4, 0.5) is 11.8 Å². The molecule has 1 aromatic heterocycles. The Kier molecular flexibility index (Phi) is 7.80. The number of nitrogens with two attached hydrogens (primary N) is 1. The fourth-order valence-corrected chi connectivity index (χ4v) is 4.22. The molecule has 8 heteroatoms. The molecule has 2 aromatic carbocycles. The molecule has 4 rings (SSSR count). The van der Waals surface area contributed by atoms with Gasteiger partial charge in [-0.3, -0.25) is 4.90 Å². The van der Waals surface area contributed by atoms with Crippen LogP contribution in [0.1, 0.15) is 24.8 Å². The second kappa shape index (κ2) is 11.2. The minimum Gasteiger partial charge on any atom is -0.493 e. The molecule has 33 heavy (non-hydrogen) atoms. The van der Waals surface area contributed by atoms with Crippen molar-refractivity contribution in [3.63, 3.8) is 0 Å². The molecule has 1 saturated heterocycles. The molecule has 4 N–H and O–H groups in total. The number of ether oxygens (including phenoxy) is 2. The topological polar surface area (TPSA) is 97.6 Å². The summed E-state index contributed by atoms with van der Waals surface area (Å²) < 4.78 is 11.0. The highest BCUT2D eigenvalue weighted by Gasteiger charge is 2.21. The number of nitrogens with zero attached hydrogens (tertiary/aromatic N) is 3. The van der Waals surface area contributed by atoms with Gasteiger partial charge >= 0.3 is 0 Å². The van der Waals surface area contributed by atoms with Gasteiger partial charge in [-0.05, 0) is 37.4 Å². The van der Waals surface area contributed by atoms with Gasteiger partial charge in [0.05, 0.1) is 19.7 Å². The summed E-state index contributed by atoms with van der Waals surface area (Å²) in [6.45, 7) is 4.45. The molecule has 0 saturated carbocycles. The smallest absolute Gasteiger partial charge is 0.225 e. The Morgan fingerprint density at radius 2 is 1.76 bits per heavy atom. The third kappa shape index (κ3) is 5.83. The highest BCUT2D eigenvalue weighted by atomic mass is 16.5. The van der Waals surface area contributed by atoms with Crippen LogP contribution in [0.15, 0.2) is 42.5 Å². The molecule has 2 heterocycles. The van der Waals surface area contributed by atoms with Crippen molar-refractivity contribution >= 4 is 22.7 Å². The fourth-order valence-electron chi connectivity index (χ4n) is 4.22. The summed E-state index contributed by atoms with van der Waals surface area (Å²) in [5.41, 5.74) is 7.81. The summed E-state index contributed by atoms with van der Waals surface area (Å²) in [5.74, 6) is 2.72. The van der Waals surface area contributed by atoms with Gasteiger partial charge in [-0.1, -0.05) is 30.3 Å². The largest absolute Gasteiger partial charge is 0.493 e. The molecule has 3 aromatic rings. The number of benzene rings is 2. The van der Waals surface area contributed by atoms with E-state index in [-0.39, 0.29) is 0 Å². The summed E-state index contributed by atoms with van der Waals surface area (Å²) in [6, 6.07) is 14.9. The van der Waals surface area contributed by atoms with Crippen LogP contribution in [0.25, 0.3) is 10.9 Å². The number of hydrogen-bond acceptors (Lipinski definition) is 8. The van der Waals surface area contributed by atoms with Crippen molar-refractivity contribution in [2.75, 3.05) is 51.0 Å². The van der Waals surface area contributed by atoms with Crippen molar-refractivity contribution in [3.05, 3.63) is 48.0 Å². The van der Waals surface area contributed by atoms with Crippen LogP contribution in [0.2, 0.25) is 0 Å². The maximum Gasteiger partial charge on any atom is 0.225 e. The minimum atomic E-state index is 0.347. The van der Waals surface area contributed by atoms with Crippen LogP contribution in [-0.2, 0) is 6.54 Å². The van der Waals surface area contributed by atoms with Gasteiger partial charge in [-0.25, -0.2) is 4.98 Å². The van der Waals surface area contributed by atoms with Gasteiger partial charge in [-0.2, -0.15) is 4.98 Å². The third-order valence-electron chi connectivity index (χ3n) is 6.04. The predicted molar refractivity (Wildman–Crippen MR) is 133 cm³/mol. The molecule has 1 fully saturated rings. The monoisotopic (exact) mass is 450 g/mol. The lowest BCUT2D eigenvalue weighted by atomic mass is 10.0. The molecule has 1 aliphatic heterocycles. The van der Waals surface area contributed by atoms with Crippen molar-refractivity contribution in [3.8, 4) is 11.5 Å². The normalized spacial score (nSPS) is 14.9. The average Bonchev–Trinajstić information content (AvgIpc) is 2.85. The summed E-state index contributed by atoms with van der Waals surface area (Å²) in [7, 11) is 3.27. The lowest BCUT2D eigenvalue weighted by Crippen LogP contribution is -2.38. The molecular formula is C25H34N6O2. The van der Waals surface area contributed by atoms with Crippen molar-refractivity contribution < 1.29 is 9.47 Å². The van der Waals surface area contributed by atoms with E-state index in [0.29, 0.717) is 30.0 Å². The fraction of sp³-hybridized carbons (Fsp3) is 0.440. The molecule has 0 unspecified atom stereocenters. The van der Waals surface area contributed by atoms with Gasteiger partial charge in [0.15, 0.2) is 11.5 Å². The van der Waals surface area contributed by atoms with Gasteiger partial charge in [-0.15, -0.1) is 0 Å². The zero-order chi connectivity index (χ0) is 23.0. The highest BCUT2D eigenvalue weighted by molar-refractivity contribution is 5.92. The number of fused-ring (bicyclic) bond motifs is 1. The predicted octanol–water partition coefficient (Wildman–Crippen LogP) is 3.48. The van der Waals surface area contributed by atoms with Gasteiger partial charge < -0.3 is 25.8 Å². The summed E-state index contributed by atoms with van der Waals surface area (Å²) in [4.78, 5) is 12.0. The van der Waals surface area contributed by atoms with E-state index in [2.05, 4.69) is 45.9 Å². The zero-order valence-electron chi connectivity index (χ0n) is 19.5. The first-order valence-corrected chi connectivity index (χ1v) is 11.6. The summed E-state index contributed by atoms with van der Waals surface area (Å²) in [5, 5.41) is 7.90. The number of methoxy groups -OCH3 is 2. The molecule has 0 bridgehead atoms. The Balaban J connectivity index is 1.51. The van der Waals surface area contributed by atoms with Gasteiger partial charge in [0, 0.05) is 43.7 Å². The van der Waals surface area contributed by atoms with Crippen molar-refractivity contribution in [1.29, 1.82) is 0 Å². The summed E-state index contributed by atoms with van der Waals surface area (Å²) in [6.07, 6.45) is 2.97. The van der Waals surface area contributed by atoms with Crippen LogP contribution in [0.5, 0.6) is 11.5 Å². The first-order chi connectivity index (χ1) is 16.2. The lowest BCUT2D eigenvalue weighted by molar-refractivity contribution is 0.211. The maximum absolute atomic E-state index is 5.64. The molecule has 0 amide bonds. The molecule has 0 radical (unpaired) electrons. The first kappa shape index (κ1) is 23.1. The van der Waals surface area contributed by atoms with Crippen LogP contribution in [-0.4, -0.2) is 61.3 Å². The van der Waals surface area contributed by atoms with Crippen LogP contribution in [0, 0.1) is 0 Å². The average molecular weight is 451 g/mol. The van der Waals surface area contributed by atoms with Crippen LogP contribution in [0.3, 0.4) is 0 Å². The molecule has 0 spiro atoms. The molecule has 176 valence electrons. The van der Waals surface area contributed by atoms with E-state index >= 15 is 0 Å². The number of likely N-dealkylation sites (tertiary alicyclic amines) is 1. The Morgan fingerprint density at radius 1 is 1.03 bits per heavy atom. The van der Waals surface area contributed by atoms with Crippen LogP contribution < -0.4 is 25.8 Å². The first-order valence-electron chi connectivity index (χ1n) is 11.6. The Hall–Kier alpha value is -3.10. The second-order valence-corrected chi connectivity index (χ2v) is 8.37. The maximum atomic E-state index is 5.64. The Labute approximate surface area is 195 Å². The van der Waals surface area contributed by atoms with E-state index in [1.54, 1.807) is 14.2 Å². The number of piperidine rings is 1. The molecular weight excluding hydrogens is 416 g/mol. The number of hydrogen-bond donors (Lipinski definition) is 3. The SMILES string of the molecule is COc1cc2nc(NCCCN)nc(NC3CCN(Cc4ccccc4)CC3)c2cc1OC. The number of aromatic nitrogens is 2. The van der Waals surface area contributed by atoms with Gasteiger partial charge in [0.2, 0.25) is 5.95 Å². The molecule has 1 aliphatic rings. The zero-order valence-corrected chi connectivity index (χ0v) is 19.5. The second-order valence-electron chi connectivity index (χ2n) is 8.37. The van der Waals surface area contributed by atoms with Crippen molar-refractivity contribution in [2.24, 2.45) is 5.73 Å². The molecule has 0 atom stereocenters. The van der Waals surface area contributed by atoms with E-state index in [0.717, 1.165) is 62.2 Å². The number of nitrogens with one attached hydrogen (secondary N) is 2. The molecule has 0 aliphatic carbocycles. The van der Waals surface area contributed by atoms with E-state index in [9.17, 15) is 0 Å². The number of anilines is 2. The standard InChI is InChI=1S/C25H34N6O2/c1-32-22-15-20-21(16-23(22)33-2)29-25(27-12-6-11-26)30-24(20)28-19-9-13-31(14-10-19)17-18-7-4-3-5-8-18/h3-5,7-8,15-16,19H,6,9-14,17,26H2,1-2H3,(H2,27,28,29,30). The van der Waals surface area contributed by atoms with Crippen LogP contribution >= 0.6 is 0 Å². The van der Waals surface area contributed by atoms with Gasteiger partial charge in [0.1, 0.15) is 5.82 Å². The van der Waals surface area contributed by atoms with Crippen molar-refractivity contribution in [2.45, 2.75) is 31.8 Å². The lowest BCUT2D eigenvalue weighted by Gasteiger charge is -2.33. The van der Waals surface area contributed by atoms with E-state index in [1.807, 2.05) is 12.1 Å². The number of rotatable bonds is 10. The Morgan fingerprint density at radius 3 is 2.45 bits per heavy atom. The minimum absolute atomic E-state index is 0.347. The molecule has 8 nitrogen and oxygen atoms in total. The van der Waals surface area contributed by atoms with Crippen molar-refractivity contribution in [1.82, 2.24) is 14.9 Å². The van der Waals surface area contributed by atoms with Gasteiger partial charge in [0.25, 0.3) is 0 Å². The Bertz CT molecular complexity index is 1040. The summed E-state index contributed by atoms with van der Waals surface area (Å²) >= 11 is 0. The van der Waals surface area contributed by atoms with E-state index in [4.69, 9.17) is 25.2 Å². The highest BCUT2D eigenvalue weighted by Crippen LogP contribution is 2.35. The van der Waals surface area contributed by atoms with E-state index in [1.165, 1.54) is 5.56 Å². The van der Waals surface area contributed by atoms with E-state index < -0.39 is 0 Å². The quantitative estimate of drug-likeness (QED) is 0.404. The third-order valence-corrected chi connectivity index (χ3v) is 6.04.